The van der Waals surface area contributed by atoms with Crippen LogP contribution >= 0.6 is 0 Å². The van der Waals surface area contributed by atoms with Crippen molar-refractivity contribution in [2.45, 2.75) is 0 Å². The van der Waals surface area contributed by atoms with Gasteiger partial charge >= 0.3 is 6.01 Å². The molecule has 0 atom stereocenters. The van der Waals surface area contributed by atoms with Crippen LogP contribution < -0.4 is 4.90 Å². The summed E-state index contributed by atoms with van der Waals surface area (Å²) in [6, 6.07) is 64.0. The van der Waals surface area contributed by atoms with Crippen LogP contribution in [0.4, 0.5) is 17.1 Å². The standard InChI is InChI=1S/C50H30N4O2/c1-2-12-32(13-3-1)53(33-23-25-39-37-16-5-4-14-35(37)36-15-6-7-17-38(36)42(39)29-33)34-24-27-43-48(30-34)55-49(51-43)31-22-26-44-47(28-31)56-50(52-44)54-45-20-10-8-18-40(45)41-19-9-11-21-46(41)54/h1-30H. The fraction of sp³-hybridized carbons (Fsp3) is 0. The summed E-state index contributed by atoms with van der Waals surface area (Å²) in [6.45, 7) is 0. The molecule has 0 aliphatic carbocycles. The number of hydrogen-bond donors (Lipinski definition) is 0. The highest BCUT2D eigenvalue weighted by molar-refractivity contribution is 6.25. The zero-order chi connectivity index (χ0) is 36.7. The zero-order valence-corrected chi connectivity index (χ0v) is 29.9. The third-order valence-corrected chi connectivity index (χ3v) is 11.0. The minimum absolute atomic E-state index is 0.518. The van der Waals surface area contributed by atoms with Crippen molar-refractivity contribution in [2.75, 3.05) is 4.90 Å². The minimum Gasteiger partial charge on any atom is -0.436 e. The van der Waals surface area contributed by atoms with Crippen molar-refractivity contribution in [1.29, 1.82) is 0 Å². The van der Waals surface area contributed by atoms with Gasteiger partial charge in [-0.3, -0.25) is 4.57 Å². The number of oxazole rings is 2. The lowest BCUT2D eigenvalue weighted by Gasteiger charge is -2.26. The predicted molar refractivity (Wildman–Crippen MR) is 229 cm³/mol. The van der Waals surface area contributed by atoms with Gasteiger partial charge in [-0.15, -0.1) is 0 Å². The Balaban J connectivity index is 0.962. The van der Waals surface area contributed by atoms with E-state index in [1.165, 1.54) is 32.3 Å². The number of aromatic nitrogens is 3. The molecule has 6 heteroatoms. The third-order valence-electron chi connectivity index (χ3n) is 11.0. The minimum atomic E-state index is 0.518. The average molecular weight is 719 g/mol. The smallest absolute Gasteiger partial charge is 0.307 e. The Morgan fingerprint density at radius 2 is 0.893 bits per heavy atom. The van der Waals surface area contributed by atoms with E-state index in [0.29, 0.717) is 23.1 Å². The second-order valence-electron chi connectivity index (χ2n) is 14.2. The molecule has 0 saturated carbocycles. The van der Waals surface area contributed by atoms with Gasteiger partial charge in [0.25, 0.3) is 0 Å². The lowest BCUT2D eigenvalue weighted by molar-refractivity contribution is 0.574. The Labute approximate surface area is 320 Å². The van der Waals surface area contributed by atoms with Gasteiger partial charge in [0.15, 0.2) is 11.2 Å². The van der Waals surface area contributed by atoms with Crippen molar-refractivity contribution in [1.82, 2.24) is 14.5 Å². The summed E-state index contributed by atoms with van der Waals surface area (Å²) in [5, 5.41) is 9.76. The van der Waals surface area contributed by atoms with Gasteiger partial charge in [0.1, 0.15) is 11.0 Å². The van der Waals surface area contributed by atoms with Gasteiger partial charge in [-0.25, -0.2) is 4.98 Å². The summed E-state index contributed by atoms with van der Waals surface area (Å²) in [5.74, 6) is 0.518. The van der Waals surface area contributed by atoms with Crippen molar-refractivity contribution in [3.63, 3.8) is 0 Å². The van der Waals surface area contributed by atoms with Gasteiger partial charge < -0.3 is 13.7 Å². The lowest BCUT2D eigenvalue weighted by Crippen LogP contribution is -2.09. The topological polar surface area (TPSA) is 60.2 Å². The molecule has 3 aromatic heterocycles. The first-order chi connectivity index (χ1) is 27.7. The first kappa shape index (κ1) is 30.7. The van der Waals surface area contributed by atoms with Crippen LogP contribution in [0.15, 0.2) is 191 Å². The van der Waals surface area contributed by atoms with E-state index in [9.17, 15) is 0 Å². The fourth-order valence-electron chi connectivity index (χ4n) is 8.50. The van der Waals surface area contributed by atoms with Gasteiger partial charge in [0.2, 0.25) is 5.89 Å². The van der Waals surface area contributed by atoms with Crippen molar-refractivity contribution < 1.29 is 8.83 Å². The summed E-state index contributed by atoms with van der Waals surface area (Å²) >= 11 is 0. The largest absolute Gasteiger partial charge is 0.436 e. The molecular formula is C50H30N4O2. The maximum atomic E-state index is 6.53. The van der Waals surface area contributed by atoms with E-state index in [1.807, 2.05) is 42.5 Å². The lowest BCUT2D eigenvalue weighted by atomic mass is 9.94. The average Bonchev–Trinajstić information content (AvgIpc) is 3.97. The van der Waals surface area contributed by atoms with E-state index in [0.717, 1.165) is 55.5 Å². The molecule has 12 aromatic rings. The molecule has 0 amide bonds. The van der Waals surface area contributed by atoms with Crippen molar-refractivity contribution >= 4 is 93.4 Å². The van der Waals surface area contributed by atoms with Crippen molar-refractivity contribution in [3.05, 3.63) is 182 Å². The maximum Gasteiger partial charge on any atom is 0.307 e. The number of nitrogens with zero attached hydrogens (tertiary/aromatic N) is 4. The summed E-state index contributed by atoms with van der Waals surface area (Å²) < 4.78 is 15.1. The number of fused-ring (bicyclic) bond motifs is 11. The Hall–Kier alpha value is -7.70. The molecule has 6 nitrogen and oxygen atoms in total. The monoisotopic (exact) mass is 718 g/mol. The zero-order valence-electron chi connectivity index (χ0n) is 29.9. The van der Waals surface area contributed by atoms with E-state index < -0.39 is 0 Å². The van der Waals surface area contributed by atoms with Crippen molar-refractivity contribution in [3.8, 4) is 17.5 Å². The van der Waals surface area contributed by atoms with E-state index in [1.54, 1.807) is 0 Å². The van der Waals surface area contributed by atoms with E-state index in [-0.39, 0.29) is 0 Å². The van der Waals surface area contributed by atoms with Gasteiger partial charge in [-0.05, 0) is 99.0 Å². The molecule has 9 aromatic carbocycles. The van der Waals surface area contributed by atoms with Gasteiger partial charge in [0.05, 0.1) is 11.0 Å². The normalized spacial score (nSPS) is 11.9. The quantitative estimate of drug-likeness (QED) is 0.166. The molecule has 0 fully saturated rings. The molecule has 0 aliphatic heterocycles. The van der Waals surface area contributed by atoms with Crippen LogP contribution in [-0.4, -0.2) is 14.5 Å². The second-order valence-corrected chi connectivity index (χ2v) is 14.2. The molecule has 0 radical (unpaired) electrons. The number of benzene rings is 9. The van der Waals surface area contributed by atoms with Crippen LogP contribution in [0.25, 0.3) is 93.8 Å². The number of rotatable bonds is 5. The molecule has 0 spiro atoms. The first-order valence-electron chi connectivity index (χ1n) is 18.7. The van der Waals surface area contributed by atoms with Gasteiger partial charge in [-0.1, -0.05) is 109 Å². The van der Waals surface area contributed by atoms with E-state index in [2.05, 4.69) is 149 Å². The Kier molecular flexibility index (Phi) is 6.53. The van der Waals surface area contributed by atoms with Crippen LogP contribution in [0, 0.1) is 0 Å². The maximum absolute atomic E-state index is 6.53. The molecule has 0 aliphatic rings. The van der Waals surface area contributed by atoms with Gasteiger partial charge in [0, 0.05) is 39.5 Å². The Bertz CT molecular complexity index is 3420. The molecule has 0 saturated heterocycles. The second kappa shape index (κ2) is 11.9. The number of para-hydroxylation sites is 3. The highest BCUT2D eigenvalue weighted by Crippen LogP contribution is 2.42. The summed E-state index contributed by atoms with van der Waals surface area (Å²) in [7, 11) is 0. The molecule has 262 valence electrons. The summed E-state index contributed by atoms with van der Waals surface area (Å²) in [4.78, 5) is 12.1. The van der Waals surface area contributed by atoms with E-state index >= 15 is 0 Å². The predicted octanol–water partition coefficient (Wildman–Crippen LogP) is 13.7. The Morgan fingerprint density at radius 1 is 0.375 bits per heavy atom. The van der Waals surface area contributed by atoms with E-state index in [4.69, 9.17) is 18.8 Å². The fourth-order valence-corrected chi connectivity index (χ4v) is 8.50. The van der Waals surface area contributed by atoms with Crippen LogP contribution in [0.2, 0.25) is 0 Å². The van der Waals surface area contributed by atoms with Crippen LogP contribution in [0.5, 0.6) is 0 Å². The SMILES string of the molecule is c1ccc(N(c2ccc3nc(-c4ccc5nc(-n6c7ccccc7c7ccccc76)oc5c4)oc3c2)c2ccc3c4ccccc4c4ccccc4c3c2)cc1. The highest BCUT2D eigenvalue weighted by atomic mass is 16.4. The molecule has 0 N–H and O–H groups in total. The molecule has 0 bridgehead atoms. The first-order valence-corrected chi connectivity index (χ1v) is 18.7. The molecule has 3 heterocycles. The molecular weight excluding hydrogens is 689 g/mol. The third kappa shape index (κ3) is 4.63. The molecule has 56 heavy (non-hydrogen) atoms. The van der Waals surface area contributed by atoms with Crippen LogP contribution in [0.3, 0.4) is 0 Å². The number of anilines is 3. The Morgan fingerprint density at radius 3 is 1.59 bits per heavy atom. The van der Waals surface area contributed by atoms with Crippen LogP contribution in [0.1, 0.15) is 0 Å². The van der Waals surface area contributed by atoms with Crippen LogP contribution in [-0.2, 0) is 0 Å². The van der Waals surface area contributed by atoms with Gasteiger partial charge in [-0.2, -0.15) is 4.98 Å². The number of hydrogen-bond acceptors (Lipinski definition) is 5. The summed E-state index contributed by atoms with van der Waals surface area (Å²) in [6.07, 6.45) is 0. The molecule has 12 rings (SSSR count). The van der Waals surface area contributed by atoms with Crippen molar-refractivity contribution in [2.24, 2.45) is 0 Å². The summed E-state index contributed by atoms with van der Waals surface area (Å²) in [5.41, 5.74) is 8.87. The highest BCUT2D eigenvalue weighted by Gasteiger charge is 2.20. The molecule has 0 unspecified atom stereocenters.